The molecule has 0 unspecified atom stereocenters. The van der Waals surface area contributed by atoms with Crippen molar-refractivity contribution in [3.05, 3.63) is 28.8 Å². The van der Waals surface area contributed by atoms with Crippen molar-refractivity contribution in [3.8, 4) is 5.75 Å². The van der Waals surface area contributed by atoms with Crippen molar-refractivity contribution in [2.75, 3.05) is 0 Å². The summed E-state index contributed by atoms with van der Waals surface area (Å²) in [6, 6.07) is 4.90. The third-order valence-electron chi connectivity index (χ3n) is 2.03. The average Bonchev–Trinajstić information content (AvgIpc) is 2.91. The number of amides is 1. The van der Waals surface area contributed by atoms with E-state index in [9.17, 15) is 4.79 Å². The van der Waals surface area contributed by atoms with Gasteiger partial charge in [0.2, 0.25) is 0 Å². The van der Waals surface area contributed by atoms with Gasteiger partial charge < -0.3 is 10.5 Å². The van der Waals surface area contributed by atoms with Crippen LogP contribution in [-0.4, -0.2) is 12.0 Å². The molecule has 2 N–H and O–H groups in total. The van der Waals surface area contributed by atoms with E-state index in [0.29, 0.717) is 16.3 Å². The summed E-state index contributed by atoms with van der Waals surface area (Å²) in [5, 5.41) is 0.488. The molecule has 1 saturated carbocycles. The van der Waals surface area contributed by atoms with Crippen LogP contribution in [0.2, 0.25) is 5.02 Å². The third kappa shape index (κ3) is 1.99. The molecule has 0 bridgehead atoms. The van der Waals surface area contributed by atoms with Gasteiger partial charge in [0.25, 0.3) is 5.91 Å². The molecule has 1 amide bonds. The molecule has 0 spiro atoms. The highest BCUT2D eigenvalue weighted by Crippen LogP contribution is 2.30. The van der Waals surface area contributed by atoms with E-state index in [2.05, 4.69) is 0 Å². The highest BCUT2D eigenvalue weighted by molar-refractivity contribution is 6.31. The molecule has 1 aromatic carbocycles. The first kappa shape index (κ1) is 9.34. The van der Waals surface area contributed by atoms with Crippen LogP contribution in [0.1, 0.15) is 23.2 Å². The summed E-state index contributed by atoms with van der Waals surface area (Å²) in [6.45, 7) is 0. The van der Waals surface area contributed by atoms with E-state index < -0.39 is 5.91 Å². The molecule has 2 rings (SSSR count). The smallest absolute Gasteiger partial charge is 0.252 e. The molecule has 3 nitrogen and oxygen atoms in total. The molecule has 1 aromatic rings. The van der Waals surface area contributed by atoms with Crippen LogP contribution in [0, 0.1) is 0 Å². The minimum atomic E-state index is -0.511. The fourth-order valence-electron chi connectivity index (χ4n) is 1.16. The zero-order valence-corrected chi connectivity index (χ0v) is 8.25. The van der Waals surface area contributed by atoms with Crippen molar-refractivity contribution in [2.45, 2.75) is 18.9 Å². The van der Waals surface area contributed by atoms with Gasteiger partial charge in [-0.2, -0.15) is 0 Å². The maximum absolute atomic E-state index is 11.1. The quantitative estimate of drug-likeness (QED) is 0.831. The van der Waals surface area contributed by atoms with Gasteiger partial charge in [0.05, 0.1) is 11.7 Å². The number of benzene rings is 1. The summed E-state index contributed by atoms with van der Waals surface area (Å²) in [4.78, 5) is 11.1. The zero-order chi connectivity index (χ0) is 10.1. The average molecular weight is 212 g/mol. The molecule has 74 valence electrons. The van der Waals surface area contributed by atoms with Crippen LogP contribution in [0.15, 0.2) is 18.2 Å². The first-order valence-electron chi connectivity index (χ1n) is 4.43. The van der Waals surface area contributed by atoms with Crippen LogP contribution in [-0.2, 0) is 0 Å². The second kappa shape index (κ2) is 3.50. The molecule has 0 saturated heterocycles. The predicted octanol–water partition coefficient (Wildman–Crippen LogP) is 1.98. The van der Waals surface area contributed by atoms with Crippen LogP contribution in [0.3, 0.4) is 0 Å². The Labute approximate surface area is 86.8 Å². The van der Waals surface area contributed by atoms with Gasteiger partial charge in [-0.1, -0.05) is 11.6 Å². The maximum Gasteiger partial charge on any atom is 0.252 e. The Morgan fingerprint density at radius 3 is 2.79 bits per heavy atom. The van der Waals surface area contributed by atoms with E-state index in [4.69, 9.17) is 22.1 Å². The van der Waals surface area contributed by atoms with Gasteiger partial charge in [-0.05, 0) is 31.0 Å². The number of ether oxygens (including phenoxy) is 1. The van der Waals surface area contributed by atoms with Crippen LogP contribution in [0.5, 0.6) is 5.75 Å². The molecule has 0 aromatic heterocycles. The number of carbonyl (C=O) groups is 1. The van der Waals surface area contributed by atoms with E-state index in [1.807, 2.05) is 0 Å². The highest BCUT2D eigenvalue weighted by Gasteiger charge is 2.25. The fraction of sp³-hybridized carbons (Fsp3) is 0.300. The first-order chi connectivity index (χ1) is 6.66. The number of carbonyl (C=O) groups excluding carboxylic acids is 1. The molecule has 0 heterocycles. The van der Waals surface area contributed by atoms with Crippen molar-refractivity contribution in [3.63, 3.8) is 0 Å². The summed E-state index contributed by atoms with van der Waals surface area (Å²) in [6.07, 6.45) is 2.33. The van der Waals surface area contributed by atoms with Gasteiger partial charge in [0.15, 0.2) is 0 Å². The van der Waals surface area contributed by atoms with Crippen molar-refractivity contribution in [1.82, 2.24) is 0 Å². The summed E-state index contributed by atoms with van der Waals surface area (Å²) in [5.74, 6) is 0.0209. The van der Waals surface area contributed by atoms with Gasteiger partial charge in [0.1, 0.15) is 5.75 Å². The lowest BCUT2D eigenvalue weighted by atomic mass is 10.2. The number of rotatable bonds is 3. The minimum absolute atomic E-state index is 0.245. The van der Waals surface area contributed by atoms with E-state index in [0.717, 1.165) is 12.8 Å². The summed E-state index contributed by atoms with van der Waals surface area (Å²) in [7, 11) is 0. The van der Waals surface area contributed by atoms with Crippen molar-refractivity contribution >= 4 is 17.5 Å². The third-order valence-corrected chi connectivity index (χ3v) is 2.26. The normalized spacial score (nSPS) is 15.2. The molecule has 0 radical (unpaired) electrons. The Hall–Kier alpha value is -1.22. The van der Waals surface area contributed by atoms with Gasteiger partial charge >= 0.3 is 0 Å². The van der Waals surface area contributed by atoms with E-state index in [1.54, 1.807) is 12.1 Å². The Morgan fingerprint density at radius 1 is 1.50 bits per heavy atom. The van der Waals surface area contributed by atoms with Crippen LogP contribution >= 0.6 is 11.6 Å². The number of primary amides is 1. The van der Waals surface area contributed by atoms with Gasteiger partial charge in [-0.3, -0.25) is 4.79 Å². The zero-order valence-electron chi connectivity index (χ0n) is 7.50. The van der Waals surface area contributed by atoms with Gasteiger partial charge in [-0.15, -0.1) is 0 Å². The van der Waals surface area contributed by atoms with Crippen molar-refractivity contribution in [2.24, 2.45) is 5.73 Å². The minimum Gasteiger partial charge on any atom is -0.490 e. The Balaban J connectivity index is 2.31. The molecular formula is C10H10ClNO2. The van der Waals surface area contributed by atoms with Crippen molar-refractivity contribution in [1.29, 1.82) is 0 Å². The molecular weight excluding hydrogens is 202 g/mol. The van der Waals surface area contributed by atoms with E-state index in [-0.39, 0.29) is 6.10 Å². The summed E-state index contributed by atoms with van der Waals surface area (Å²) in [5.41, 5.74) is 5.55. The van der Waals surface area contributed by atoms with E-state index >= 15 is 0 Å². The number of nitrogens with two attached hydrogens (primary N) is 1. The predicted molar refractivity (Wildman–Crippen MR) is 53.6 cm³/mol. The lowest BCUT2D eigenvalue weighted by Crippen LogP contribution is -2.13. The van der Waals surface area contributed by atoms with Crippen LogP contribution < -0.4 is 10.5 Å². The standard InChI is InChI=1S/C10H10ClNO2/c11-6-1-4-9(14-7-2-3-7)8(5-6)10(12)13/h1,4-5,7H,2-3H2,(H2,12,13). The first-order valence-corrected chi connectivity index (χ1v) is 4.80. The molecule has 1 fully saturated rings. The highest BCUT2D eigenvalue weighted by atomic mass is 35.5. The Morgan fingerprint density at radius 2 is 2.21 bits per heavy atom. The fourth-order valence-corrected chi connectivity index (χ4v) is 1.34. The van der Waals surface area contributed by atoms with E-state index in [1.165, 1.54) is 6.07 Å². The molecule has 0 atom stereocenters. The lowest BCUT2D eigenvalue weighted by molar-refractivity contribution is 0.0996. The second-order valence-electron chi connectivity index (χ2n) is 3.32. The second-order valence-corrected chi connectivity index (χ2v) is 3.76. The van der Waals surface area contributed by atoms with Crippen molar-refractivity contribution < 1.29 is 9.53 Å². The number of hydrogen-bond donors (Lipinski definition) is 1. The molecule has 0 aliphatic heterocycles. The monoisotopic (exact) mass is 211 g/mol. The Bertz CT molecular complexity index is 374. The molecule has 14 heavy (non-hydrogen) atoms. The van der Waals surface area contributed by atoms with Crippen LogP contribution in [0.4, 0.5) is 0 Å². The molecule has 1 aliphatic carbocycles. The number of halogens is 1. The topological polar surface area (TPSA) is 52.3 Å². The summed E-state index contributed by atoms with van der Waals surface area (Å²) >= 11 is 5.75. The molecule has 1 aliphatic rings. The lowest BCUT2D eigenvalue weighted by Gasteiger charge is -2.08. The maximum atomic E-state index is 11.1. The SMILES string of the molecule is NC(=O)c1cc(Cl)ccc1OC1CC1. The number of hydrogen-bond acceptors (Lipinski definition) is 2. The van der Waals surface area contributed by atoms with Gasteiger partial charge in [-0.25, -0.2) is 0 Å². The van der Waals surface area contributed by atoms with Gasteiger partial charge in [0, 0.05) is 5.02 Å². The summed E-state index contributed by atoms with van der Waals surface area (Å²) < 4.78 is 5.51. The van der Waals surface area contributed by atoms with Crippen LogP contribution in [0.25, 0.3) is 0 Å². The molecule has 4 heteroatoms. The Kier molecular flexibility index (Phi) is 2.33. The largest absolute Gasteiger partial charge is 0.490 e.